The van der Waals surface area contributed by atoms with E-state index in [0.29, 0.717) is 99.1 Å². The highest BCUT2D eigenvalue weighted by Crippen LogP contribution is 2.22. The lowest BCUT2D eigenvalue weighted by atomic mass is 9.94. The first-order chi connectivity index (χ1) is 36.0. The number of carbonyl (C=O) groups excluding carboxylic acids is 2. The largest absolute Gasteiger partial charge is 0.465 e. The first kappa shape index (κ1) is 68.9. The molecule has 11 heteroatoms. The second-order valence-electron chi connectivity index (χ2n) is 20.4. The number of esters is 2. The van der Waals surface area contributed by atoms with Gasteiger partial charge in [-0.3, -0.25) is 9.59 Å². The Morgan fingerprint density at radius 2 is 0.671 bits per heavy atom. The Balaban J connectivity index is 2.38. The summed E-state index contributed by atoms with van der Waals surface area (Å²) in [5.74, 6) is 0.146. The second-order valence-corrected chi connectivity index (χ2v) is 20.4. The third-order valence-corrected chi connectivity index (χ3v) is 13.6. The van der Waals surface area contributed by atoms with Gasteiger partial charge in [-0.2, -0.15) is 0 Å². The third-order valence-electron chi connectivity index (χ3n) is 13.6. The highest BCUT2D eigenvalue weighted by Gasteiger charge is 2.21. The number of hydrogen-bond donors (Lipinski definition) is 0. The van der Waals surface area contributed by atoms with Gasteiger partial charge < -0.3 is 42.6 Å². The number of carbonyl (C=O) groups is 2. The van der Waals surface area contributed by atoms with Crippen molar-refractivity contribution in [3.05, 3.63) is 35.9 Å². The molecular formula is C62H114O11. The van der Waals surface area contributed by atoms with Gasteiger partial charge >= 0.3 is 11.9 Å². The van der Waals surface area contributed by atoms with Gasteiger partial charge in [-0.1, -0.05) is 199 Å². The van der Waals surface area contributed by atoms with Crippen LogP contribution in [-0.2, 0) is 58.8 Å². The molecule has 3 atom stereocenters. The van der Waals surface area contributed by atoms with Crippen molar-refractivity contribution < 1.29 is 52.2 Å². The summed E-state index contributed by atoms with van der Waals surface area (Å²) in [6.45, 7) is 16.8. The van der Waals surface area contributed by atoms with Crippen molar-refractivity contribution in [1.82, 2.24) is 0 Å². The van der Waals surface area contributed by atoms with Crippen molar-refractivity contribution in [3.8, 4) is 0 Å². The van der Waals surface area contributed by atoms with Crippen molar-refractivity contribution in [3.63, 3.8) is 0 Å². The zero-order chi connectivity index (χ0) is 52.6. The Bertz CT molecular complexity index is 1270. The first-order valence-electron chi connectivity index (χ1n) is 30.5. The minimum absolute atomic E-state index is 0.0179. The van der Waals surface area contributed by atoms with Crippen LogP contribution in [0.4, 0.5) is 0 Å². The standard InChI is InChI=1S/C62H114O11/c1-5-9-13-17-19-30-40-58(38-28-15-11-7-3)61(63)72-44-34-22-21-32-42-68-55-60(56-70-53-51-67-49-47-65-46-48-66-50-52-69-54-57-36-26-25-27-37-57)71-43-33-23-24-35-45-73-62(64)59(39-29-16-12-8-4)41-31-20-18-14-10-6-2/h25-27,36-37,58-60H,5-24,28-35,38-56H2,1-4H3. The maximum Gasteiger partial charge on any atom is 0.308 e. The summed E-state index contributed by atoms with van der Waals surface area (Å²) in [7, 11) is 0. The zero-order valence-electron chi connectivity index (χ0n) is 47.8. The van der Waals surface area contributed by atoms with E-state index in [4.69, 9.17) is 42.6 Å². The van der Waals surface area contributed by atoms with Gasteiger partial charge in [0.2, 0.25) is 0 Å². The van der Waals surface area contributed by atoms with Crippen molar-refractivity contribution in [2.45, 2.75) is 246 Å². The lowest BCUT2D eigenvalue weighted by Crippen LogP contribution is -2.27. The van der Waals surface area contributed by atoms with Crippen molar-refractivity contribution in [2.75, 3.05) is 92.5 Å². The monoisotopic (exact) mass is 1030 g/mol. The van der Waals surface area contributed by atoms with Gasteiger partial charge in [0.15, 0.2) is 0 Å². The Hall–Kier alpha value is -2.12. The average Bonchev–Trinajstić information content (AvgIpc) is 3.40. The molecule has 0 radical (unpaired) electrons. The van der Waals surface area contributed by atoms with Crippen LogP contribution in [0.3, 0.4) is 0 Å². The van der Waals surface area contributed by atoms with E-state index in [2.05, 4.69) is 39.8 Å². The SMILES string of the molecule is CCCCCCCCC(CCCCCC)C(=O)OCCCCCCOCC(COCCOCCOCCOCCOCc1ccccc1)OCCCCCCOC(=O)C(CCCCCC)CCCCCCCC. The van der Waals surface area contributed by atoms with Gasteiger partial charge in [0.05, 0.1) is 97.7 Å². The molecule has 0 aliphatic rings. The lowest BCUT2D eigenvalue weighted by Gasteiger charge is -2.19. The van der Waals surface area contributed by atoms with E-state index in [1.165, 1.54) is 103 Å². The van der Waals surface area contributed by atoms with Crippen LogP contribution in [0.15, 0.2) is 30.3 Å². The summed E-state index contributed by atoms with van der Waals surface area (Å²) in [4.78, 5) is 26.1. The first-order valence-corrected chi connectivity index (χ1v) is 30.5. The maximum atomic E-state index is 13.1. The molecule has 0 aromatic heterocycles. The van der Waals surface area contributed by atoms with Gasteiger partial charge in [0.25, 0.3) is 0 Å². The summed E-state index contributed by atoms with van der Waals surface area (Å²) < 4.78 is 52.7. The predicted molar refractivity (Wildman–Crippen MR) is 299 cm³/mol. The molecule has 0 N–H and O–H groups in total. The molecule has 0 bridgehead atoms. The topological polar surface area (TPSA) is 117 Å². The fourth-order valence-electron chi connectivity index (χ4n) is 8.90. The lowest BCUT2D eigenvalue weighted by molar-refractivity contribution is -0.150. The van der Waals surface area contributed by atoms with Crippen LogP contribution in [-0.4, -0.2) is 111 Å². The molecule has 0 amide bonds. The number of ether oxygens (including phenoxy) is 9. The van der Waals surface area contributed by atoms with Gasteiger partial charge in [-0.05, 0) is 69.8 Å². The molecule has 0 fully saturated rings. The van der Waals surface area contributed by atoms with Crippen LogP contribution in [0.1, 0.15) is 239 Å². The minimum Gasteiger partial charge on any atom is -0.465 e. The smallest absolute Gasteiger partial charge is 0.308 e. The number of unbranched alkanes of at least 4 members (excludes halogenated alkanes) is 22. The van der Waals surface area contributed by atoms with Crippen molar-refractivity contribution >= 4 is 11.9 Å². The van der Waals surface area contributed by atoms with E-state index >= 15 is 0 Å². The van der Waals surface area contributed by atoms with E-state index < -0.39 is 0 Å². The minimum atomic E-state index is -0.167. The molecule has 0 heterocycles. The summed E-state index contributed by atoms with van der Waals surface area (Å²) in [6.07, 6.45) is 35.9. The summed E-state index contributed by atoms with van der Waals surface area (Å²) in [5.41, 5.74) is 1.16. The van der Waals surface area contributed by atoms with Crippen LogP contribution in [0.25, 0.3) is 0 Å². The molecule has 0 aliphatic carbocycles. The molecule has 73 heavy (non-hydrogen) atoms. The molecule has 0 spiro atoms. The van der Waals surface area contributed by atoms with Gasteiger partial charge in [0, 0.05) is 13.2 Å². The Morgan fingerprint density at radius 3 is 1.11 bits per heavy atom. The normalized spacial score (nSPS) is 12.8. The van der Waals surface area contributed by atoms with Crippen molar-refractivity contribution in [1.29, 1.82) is 0 Å². The summed E-state index contributed by atoms with van der Waals surface area (Å²) in [5, 5.41) is 0. The average molecular weight is 1040 g/mol. The molecule has 3 unspecified atom stereocenters. The molecule has 11 nitrogen and oxygen atoms in total. The third kappa shape index (κ3) is 46.9. The molecule has 0 saturated heterocycles. The van der Waals surface area contributed by atoms with Crippen molar-refractivity contribution in [2.24, 2.45) is 11.8 Å². The Morgan fingerprint density at radius 1 is 0.342 bits per heavy atom. The zero-order valence-corrected chi connectivity index (χ0v) is 47.8. The van der Waals surface area contributed by atoms with Gasteiger partial charge in [0.1, 0.15) is 6.10 Å². The second kappa shape index (κ2) is 56.1. The number of benzene rings is 1. The maximum absolute atomic E-state index is 13.1. The van der Waals surface area contributed by atoms with Gasteiger partial charge in [-0.15, -0.1) is 0 Å². The van der Waals surface area contributed by atoms with Crippen LogP contribution in [0.2, 0.25) is 0 Å². The molecule has 1 aromatic rings. The molecular weight excluding hydrogens is 921 g/mol. The van der Waals surface area contributed by atoms with Crippen LogP contribution < -0.4 is 0 Å². The summed E-state index contributed by atoms with van der Waals surface area (Å²) in [6, 6.07) is 10.1. The van der Waals surface area contributed by atoms with Crippen LogP contribution in [0.5, 0.6) is 0 Å². The van der Waals surface area contributed by atoms with E-state index in [-0.39, 0.29) is 29.9 Å². The number of hydrogen-bond acceptors (Lipinski definition) is 11. The van der Waals surface area contributed by atoms with E-state index in [9.17, 15) is 9.59 Å². The molecule has 1 aromatic carbocycles. The Labute approximate surface area is 448 Å². The molecule has 1 rings (SSSR count). The molecule has 0 aliphatic heterocycles. The van der Waals surface area contributed by atoms with E-state index in [1.54, 1.807) is 0 Å². The predicted octanol–water partition coefficient (Wildman–Crippen LogP) is 15.6. The van der Waals surface area contributed by atoms with Crippen LogP contribution >= 0.6 is 0 Å². The highest BCUT2D eigenvalue weighted by molar-refractivity contribution is 5.72. The van der Waals surface area contributed by atoms with E-state index in [1.807, 2.05) is 18.2 Å². The Kier molecular flexibility index (Phi) is 52.9. The van der Waals surface area contributed by atoms with E-state index in [0.717, 1.165) is 108 Å². The fraction of sp³-hybridized carbons (Fsp3) is 0.871. The highest BCUT2D eigenvalue weighted by atomic mass is 16.6. The summed E-state index contributed by atoms with van der Waals surface area (Å²) >= 11 is 0. The quantitative estimate of drug-likeness (QED) is 0.0458. The molecule has 428 valence electrons. The number of rotatable bonds is 59. The van der Waals surface area contributed by atoms with Gasteiger partial charge in [-0.25, -0.2) is 0 Å². The van der Waals surface area contributed by atoms with Crippen LogP contribution in [0, 0.1) is 11.8 Å². The molecule has 0 saturated carbocycles. The fourth-order valence-corrected chi connectivity index (χ4v) is 8.90.